The summed E-state index contributed by atoms with van der Waals surface area (Å²) in [4.78, 5) is 18.3. The van der Waals surface area contributed by atoms with Crippen molar-refractivity contribution in [2.45, 2.75) is 6.42 Å². The second kappa shape index (κ2) is 3.83. The molecule has 0 spiro atoms. The van der Waals surface area contributed by atoms with E-state index in [0.29, 0.717) is 18.6 Å². The molecule has 0 amide bonds. The van der Waals surface area contributed by atoms with Crippen molar-refractivity contribution in [3.05, 3.63) is 47.9 Å². The van der Waals surface area contributed by atoms with E-state index in [1.807, 2.05) is 12.1 Å². The van der Waals surface area contributed by atoms with Crippen LogP contribution < -0.4 is 0 Å². The second-order valence-corrected chi connectivity index (χ2v) is 2.81. The number of carbonyl (C=O) groups excluding carboxylic acids is 1. The first-order valence-corrected chi connectivity index (χ1v) is 4.17. The fourth-order valence-corrected chi connectivity index (χ4v) is 1.14. The molecule has 0 aliphatic rings. The Morgan fingerprint density at radius 1 is 1.43 bits per heavy atom. The van der Waals surface area contributed by atoms with Gasteiger partial charge < -0.3 is 4.42 Å². The van der Waals surface area contributed by atoms with E-state index >= 15 is 0 Å². The fraction of sp³-hybridized carbons (Fsp3) is 0.100. The van der Waals surface area contributed by atoms with Crippen LogP contribution in [0.5, 0.6) is 0 Å². The number of oxazole rings is 1. The predicted molar refractivity (Wildman–Crippen MR) is 48.9 cm³/mol. The number of rotatable bonds is 3. The largest absolute Gasteiger partial charge is 0.438 e. The van der Waals surface area contributed by atoms with Crippen LogP contribution in [0.2, 0.25) is 0 Å². The molecule has 0 N–H and O–H groups in total. The summed E-state index contributed by atoms with van der Waals surface area (Å²) in [6, 6.07) is 3.77. The molecule has 0 saturated heterocycles. The van der Waals surface area contributed by atoms with E-state index in [-0.39, 0.29) is 5.76 Å². The van der Waals surface area contributed by atoms with Gasteiger partial charge in [-0.1, -0.05) is 6.07 Å². The van der Waals surface area contributed by atoms with Crippen LogP contribution in [-0.2, 0) is 6.42 Å². The summed E-state index contributed by atoms with van der Waals surface area (Å²) in [6.07, 6.45) is 6.06. The minimum atomic E-state index is 0.254. The summed E-state index contributed by atoms with van der Waals surface area (Å²) < 4.78 is 5.13. The highest BCUT2D eigenvalue weighted by Crippen LogP contribution is 2.07. The summed E-state index contributed by atoms with van der Waals surface area (Å²) in [5, 5.41) is 0. The van der Waals surface area contributed by atoms with Gasteiger partial charge in [-0.3, -0.25) is 9.78 Å². The SMILES string of the molecule is O=Cc1cnc(Cc2cccnc2)o1. The Balaban J connectivity index is 2.15. The number of aromatic nitrogens is 2. The number of hydrogen-bond donors (Lipinski definition) is 0. The fourth-order valence-electron chi connectivity index (χ4n) is 1.14. The molecule has 0 aliphatic carbocycles. The Morgan fingerprint density at radius 2 is 2.36 bits per heavy atom. The quantitative estimate of drug-likeness (QED) is 0.684. The number of hydrogen-bond acceptors (Lipinski definition) is 4. The number of nitrogens with zero attached hydrogens (tertiary/aromatic N) is 2. The van der Waals surface area contributed by atoms with Gasteiger partial charge in [0.2, 0.25) is 0 Å². The third kappa shape index (κ3) is 1.85. The van der Waals surface area contributed by atoms with Gasteiger partial charge in [0, 0.05) is 12.4 Å². The Morgan fingerprint density at radius 3 is 3.00 bits per heavy atom. The predicted octanol–water partition coefficient (Wildman–Crippen LogP) is 1.47. The van der Waals surface area contributed by atoms with Crippen molar-refractivity contribution in [3.63, 3.8) is 0 Å². The average Bonchev–Trinajstić information content (AvgIpc) is 2.67. The Kier molecular flexibility index (Phi) is 2.36. The van der Waals surface area contributed by atoms with Crippen molar-refractivity contribution in [1.29, 1.82) is 0 Å². The van der Waals surface area contributed by atoms with Crippen molar-refractivity contribution in [2.24, 2.45) is 0 Å². The van der Waals surface area contributed by atoms with Crippen molar-refractivity contribution in [2.75, 3.05) is 0 Å². The zero-order chi connectivity index (χ0) is 9.80. The standard InChI is InChI=1S/C10H8N2O2/c13-7-9-6-12-10(14-9)4-8-2-1-3-11-5-8/h1-3,5-7H,4H2. The lowest BCUT2D eigenvalue weighted by Crippen LogP contribution is -1.87. The smallest absolute Gasteiger partial charge is 0.199 e. The second-order valence-electron chi connectivity index (χ2n) is 2.81. The van der Waals surface area contributed by atoms with Crippen LogP contribution in [0.4, 0.5) is 0 Å². The van der Waals surface area contributed by atoms with E-state index in [1.165, 1.54) is 6.20 Å². The maximum atomic E-state index is 10.3. The van der Waals surface area contributed by atoms with Crippen LogP contribution in [0.25, 0.3) is 0 Å². The highest BCUT2D eigenvalue weighted by Gasteiger charge is 2.03. The normalized spacial score (nSPS) is 10.0. The Labute approximate surface area is 80.6 Å². The topological polar surface area (TPSA) is 56.0 Å². The average molecular weight is 188 g/mol. The molecule has 14 heavy (non-hydrogen) atoms. The molecule has 0 unspecified atom stereocenters. The van der Waals surface area contributed by atoms with Crippen LogP contribution >= 0.6 is 0 Å². The van der Waals surface area contributed by atoms with Gasteiger partial charge in [0.05, 0.1) is 12.6 Å². The summed E-state index contributed by atoms with van der Waals surface area (Å²) in [5.74, 6) is 0.781. The molecule has 0 aliphatic heterocycles. The number of carbonyl (C=O) groups is 1. The third-order valence-electron chi connectivity index (χ3n) is 1.77. The molecular formula is C10H8N2O2. The van der Waals surface area contributed by atoms with Gasteiger partial charge in [0.15, 0.2) is 17.9 Å². The summed E-state index contributed by atoms with van der Waals surface area (Å²) in [5.41, 5.74) is 1.01. The van der Waals surface area contributed by atoms with Crippen molar-refractivity contribution >= 4 is 6.29 Å². The molecule has 2 aromatic heterocycles. The number of aldehydes is 1. The van der Waals surface area contributed by atoms with Crippen molar-refractivity contribution in [1.82, 2.24) is 9.97 Å². The van der Waals surface area contributed by atoms with Gasteiger partial charge in [-0.15, -0.1) is 0 Å². The molecule has 0 atom stereocenters. The molecule has 4 heteroatoms. The summed E-state index contributed by atoms with van der Waals surface area (Å²) >= 11 is 0. The lowest BCUT2D eigenvalue weighted by Gasteiger charge is -1.94. The minimum absolute atomic E-state index is 0.254. The molecule has 70 valence electrons. The van der Waals surface area contributed by atoms with Gasteiger partial charge >= 0.3 is 0 Å². The first-order valence-electron chi connectivity index (χ1n) is 4.17. The molecule has 2 heterocycles. The molecule has 0 aromatic carbocycles. The van der Waals surface area contributed by atoms with E-state index in [2.05, 4.69) is 9.97 Å². The van der Waals surface area contributed by atoms with E-state index < -0.39 is 0 Å². The monoisotopic (exact) mass is 188 g/mol. The third-order valence-corrected chi connectivity index (χ3v) is 1.77. The van der Waals surface area contributed by atoms with Crippen LogP contribution in [0.3, 0.4) is 0 Å². The molecule has 0 saturated carbocycles. The zero-order valence-electron chi connectivity index (χ0n) is 7.38. The molecule has 2 aromatic rings. The first kappa shape index (κ1) is 8.62. The van der Waals surface area contributed by atoms with E-state index in [9.17, 15) is 4.79 Å². The van der Waals surface area contributed by atoms with E-state index in [4.69, 9.17) is 4.42 Å². The van der Waals surface area contributed by atoms with Crippen LogP contribution in [0.1, 0.15) is 22.0 Å². The van der Waals surface area contributed by atoms with Crippen molar-refractivity contribution in [3.8, 4) is 0 Å². The maximum Gasteiger partial charge on any atom is 0.199 e. The van der Waals surface area contributed by atoms with Crippen LogP contribution in [0, 0.1) is 0 Å². The highest BCUT2D eigenvalue weighted by molar-refractivity contribution is 5.69. The number of pyridine rings is 1. The van der Waals surface area contributed by atoms with Gasteiger partial charge in [0.25, 0.3) is 0 Å². The Bertz CT molecular complexity index is 423. The molecular weight excluding hydrogens is 180 g/mol. The van der Waals surface area contributed by atoms with Crippen molar-refractivity contribution < 1.29 is 9.21 Å². The lowest BCUT2D eigenvalue weighted by atomic mass is 10.2. The zero-order valence-corrected chi connectivity index (χ0v) is 7.38. The van der Waals surface area contributed by atoms with Gasteiger partial charge in [0.1, 0.15) is 0 Å². The highest BCUT2D eigenvalue weighted by atomic mass is 16.4. The maximum absolute atomic E-state index is 10.3. The molecule has 0 fully saturated rings. The van der Waals surface area contributed by atoms with Gasteiger partial charge in [-0.25, -0.2) is 4.98 Å². The lowest BCUT2D eigenvalue weighted by molar-refractivity contribution is 0.109. The Hall–Kier alpha value is -1.97. The molecule has 2 rings (SSSR count). The van der Waals surface area contributed by atoms with Crippen LogP contribution in [-0.4, -0.2) is 16.3 Å². The molecule has 0 radical (unpaired) electrons. The summed E-state index contributed by atoms with van der Waals surface area (Å²) in [7, 11) is 0. The van der Waals surface area contributed by atoms with Gasteiger partial charge in [-0.05, 0) is 11.6 Å². The van der Waals surface area contributed by atoms with Crippen LogP contribution in [0.15, 0.2) is 35.1 Å². The molecule has 0 bridgehead atoms. The van der Waals surface area contributed by atoms with E-state index in [1.54, 1.807) is 12.4 Å². The molecule has 4 nitrogen and oxygen atoms in total. The minimum Gasteiger partial charge on any atom is -0.438 e. The van der Waals surface area contributed by atoms with E-state index in [0.717, 1.165) is 5.56 Å². The van der Waals surface area contributed by atoms with Gasteiger partial charge in [-0.2, -0.15) is 0 Å². The first-order chi connectivity index (χ1) is 6.88. The summed E-state index contributed by atoms with van der Waals surface area (Å²) in [6.45, 7) is 0.